The number of hydrogen-bond donors (Lipinski definition) is 1. The van der Waals surface area contributed by atoms with Crippen LogP contribution in [0, 0.1) is 0 Å². The van der Waals surface area contributed by atoms with E-state index in [2.05, 4.69) is 29.2 Å². The molecule has 2 nitrogen and oxygen atoms in total. The molecule has 1 aliphatic carbocycles. The molecule has 0 saturated heterocycles. The summed E-state index contributed by atoms with van der Waals surface area (Å²) in [6.45, 7) is 5.20. The lowest BCUT2D eigenvalue weighted by Gasteiger charge is -2.07. The summed E-state index contributed by atoms with van der Waals surface area (Å²) >= 11 is 0. The lowest BCUT2D eigenvalue weighted by Crippen LogP contribution is -2.27. The van der Waals surface area contributed by atoms with E-state index in [1.54, 1.807) is 0 Å². The first-order valence-electron chi connectivity index (χ1n) is 3.76. The van der Waals surface area contributed by atoms with E-state index in [0.717, 1.165) is 13.1 Å². The van der Waals surface area contributed by atoms with E-state index in [-0.39, 0.29) is 0 Å². The van der Waals surface area contributed by atoms with Crippen LogP contribution in [0.2, 0.25) is 0 Å². The third-order valence-corrected chi connectivity index (χ3v) is 1.69. The SMILES string of the molecule is C=NCCNC1C=CCC1. The predicted octanol–water partition coefficient (Wildman–Crippen LogP) is 0.995. The van der Waals surface area contributed by atoms with Gasteiger partial charge in [-0.2, -0.15) is 0 Å². The van der Waals surface area contributed by atoms with Gasteiger partial charge in [0.2, 0.25) is 0 Å². The second-order valence-corrected chi connectivity index (χ2v) is 2.51. The molecule has 56 valence electrons. The highest BCUT2D eigenvalue weighted by Crippen LogP contribution is 2.07. The van der Waals surface area contributed by atoms with E-state index in [9.17, 15) is 0 Å². The van der Waals surface area contributed by atoms with E-state index in [4.69, 9.17) is 0 Å². The maximum absolute atomic E-state index is 3.76. The molecule has 0 heterocycles. The van der Waals surface area contributed by atoms with Crippen molar-refractivity contribution in [3.05, 3.63) is 12.2 Å². The molecule has 0 spiro atoms. The highest BCUT2D eigenvalue weighted by Gasteiger charge is 2.05. The lowest BCUT2D eigenvalue weighted by molar-refractivity contribution is 0.590. The van der Waals surface area contributed by atoms with Gasteiger partial charge in [0.15, 0.2) is 0 Å². The van der Waals surface area contributed by atoms with E-state index >= 15 is 0 Å². The monoisotopic (exact) mass is 138 g/mol. The Morgan fingerprint density at radius 1 is 1.70 bits per heavy atom. The van der Waals surface area contributed by atoms with Crippen molar-refractivity contribution in [1.82, 2.24) is 5.32 Å². The zero-order chi connectivity index (χ0) is 7.23. The fraction of sp³-hybridized carbons (Fsp3) is 0.625. The van der Waals surface area contributed by atoms with Gasteiger partial charge in [-0.3, -0.25) is 4.99 Å². The number of allylic oxidation sites excluding steroid dienone is 1. The Morgan fingerprint density at radius 2 is 2.60 bits per heavy atom. The Kier molecular flexibility index (Phi) is 3.16. The van der Waals surface area contributed by atoms with Crippen LogP contribution in [0.5, 0.6) is 0 Å². The van der Waals surface area contributed by atoms with Gasteiger partial charge in [-0.1, -0.05) is 12.2 Å². The minimum absolute atomic E-state index is 0.599. The maximum Gasteiger partial charge on any atom is 0.0507 e. The minimum atomic E-state index is 0.599. The summed E-state index contributed by atoms with van der Waals surface area (Å²) in [5.74, 6) is 0. The molecule has 0 fully saturated rings. The van der Waals surface area contributed by atoms with Crippen molar-refractivity contribution in [3.8, 4) is 0 Å². The van der Waals surface area contributed by atoms with Gasteiger partial charge in [-0.25, -0.2) is 0 Å². The Hall–Kier alpha value is -0.630. The molecule has 0 aliphatic heterocycles. The molecule has 0 radical (unpaired) electrons. The molecule has 2 heteroatoms. The van der Waals surface area contributed by atoms with Crippen LogP contribution in [0.3, 0.4) is 0 Å². The summed E-state index contributed by atoms with van der Waals surface area (Å²) in [7, 11) is 0. The van der Waals surface area contributed by atoms with Gasteiger partial charge in [0.1, 0.15) is 0 Å². The summed E-state index contributed by atoms with van der Waals surface area (Å²) in [5, 5.41) is 3.36. The largest absolute Gasteiger partial charge is 0.309 e. The Morgan fingerprint density at radius 3 is 3.20 bits per heavy atom. The van der Waals surface area contributed by atoms with Crippen molar-refractivity contribution >= 4 is 6.72 Å². The number of aliphatic imine (C=N–C) groups is 1. The van der Waals surface area contributed by atoms with Gasteiger partial charge >= 0.3 is 0 Å². The van der Waals surface area contributed by atoms with Gasteiger partial charge in [0.05, 0.1) is 6.54 Å². The van der Waals surface area contributed by atoms with Crippen LogP contribution in [0.1, 0.15) is 12.8 Å². The molecule has 1 N–H and O–H groups in total. The molecule has 0 aromatic rings. The first kappa shape index (κ1) is 7.48. The average molecular weight is 138 g/mol. The molecular weight excluding hydrogens is 124 g/mol. The van der Waals surface area contributed by atoms with Gasteiger partial charge in [0, 0.05) is 12.6 Å². The molecule has 10 heavy (non-hydrogen) atoms. The zero-order valence-electron chi connectivity index (χ0n) is 6.21. The first-order chi connectivity index (χ1) is 4.93. The Balaban J connectivity index is 2.02. The Labute approximate surface area is 62.0 Å². The van der Waals surface area contributed by atoms with Crippen LogP contribution in [-0.4, -0.2) is 25.8 Å². The third kappa shape index (κ3) is 2.31. The molecule has 1 unspecified atom stereocenters. The van der Waals surface area contributed by atoms with Crippen molar-refractivity contribution in [1.29, 1.82) is 0 Å². The maximum atomic E-state index is 3.76. The van der Waals surface area contributed by atoms with Crippen molar-refractivity contribution in [2.24, 2.45) is 4.99 Å². The van der Waals surface area contributed by atoms with Crippen LogP contribution in [0.15, 0.2) is 17.1 Å². The molecule has 0 saturated carbocycles. The molecule has 1 rings (SSSR count). The number of hydrogen-bond acceptors (Lipinski definition) is 2. The average Bonchev–Trinajstić information content (AvgIpc) is 2.41. The smallest absolute Gasteiger partial charge is 0.0507 e. The molecule has 0 bridgehead atoms. The fourth-order valence-corrected chi connectivity index (χ4v) is 1.13. The second-order valence-electron chi connectivity index (χ2n) is 2.51. The van der Waals surface area contributed by atoms with E-state index in [0.29, 0.717) is 6.04 Å². The Bertz CT molecular complexity index is 129. The summed E-state index contributed by atoms with van der Waals surface area (Å²) in [6, 6.07) is 0.599. The fourth-order valence-electron chi connectivity index (χ4n) is 1.13. The molecule has 1 aliphatic rings. The molecule has 1 atom stereocenters. The minimum Gasteiger partial charge on any atom is -0.309 e. The quantitative estimate of drug-likeness (QED) is 0.350. The number of nitrogens with zero attached hydrogens (tertiary/aromatic N) is 1. The van der Waals surface area contributed by atoms with E-state index < -0.39 is 0 Å². The normalized spacial score (nSPS) is 23.4. The van der Waals surface area contributed by atoms with Gasteiger partial charge < -0.3 is 5.32 Å². The van der Waals surface area contributed by atoms with E-state index in [1.807, 2.05) is 0 Å². The van der Waals surface area contributed by atoms with Crippen LogP contribution in [0.4, 0.5) is 0 Å². The summed E-state index contributed by atoms with van der Waals surface area (Å²) in [6.07, 6.45) is 6.92. The van der Waals surface area contributed by atoms with Gasteiger partial charge in [-0.05, 0) is 19.6 Å². The van der Waals surface area contributed by atoms with E-state index in [1.165, 1.54) is 12.8 Å². The number of nitrogens with one attached hydrogen (secondary N) is 1. The molecule has 0 aromatic heterocycles. The lowest BCUT2D eigenvalue weighted by atomic mass is 10.2. The van der Waals surface area contributed by atoms with Crippen molar-refractivity contribution in [2.45, 2.75) is 18.9 Å². The van der Waals surface area contributed by atoms with Crippen molar-refractivity contribution in [2.75, 3.05) is 13.1 Å². The summed E-state index contributed by atoms with van der Waals surface area (Å²) in [5.41, 5.74) is 0. The van der Waals surface area contributed by atoms with Crippen LogP contribution >= 0.6 is 0 Å². The van der Waals surface area contributed by atoms with Crippen molar-refractivity contribution < 1.29 is 0 Å². The van der Waals surface area contributed by atoms with Gasteiger partial charge in [0.25, 0.3) is 0 Å². The summed E-state index contributed by atoms with van der Waals surface area (Å²) in [4.78, 5) is 3.76. The van der Waals surface area contributed by atoms with Crippen LogP contribution < -0.4 is 5.32 Å². The van der Waals surface area contributed by atoms with Gasteiger partial charge in [-0.15, -0.1) is 0 Å². The predicted molar refractivity (Wildman–Crippen MR) is 44.6 cm³/mol. The molecule has 0 amide bonds. The third-order valence-electron chi connectivity index (χ3n) is 1.69. The number of rotatable bonds is 4. The summed E-state index contributed by atoms with van der Waals surface area (Å²) < 4.78 is 0. The second kappa shape index (κ2) is 4.23. The standard InChI is InChI=1S/C8H14N2/c1-9-6-7-10-8-4-2-3-5-8/h2,4,8,10H,1,3,5-7H2. The highest BCUT2D eigenvalue weighted by molar-refractivity contribution is 5.23. The molecular formula is C8H14N2. The van der Waals surface area contributed by atoms with Crippen LogP contribution in [-0.2, 0) is 0 Å². The zero-order valence-corrected chi connectivity index (χ0v) is 6.21. The van der Waals surface area contributed by atoms with Crippen LogP contribution in [0.25, 0.3) is 0 Å². The highest BCUT2D eigenvalue weighted by atomic mass is 14.9. The van der Waals surface area contributed by atoms with Crippen molar-refractivity contribution in [3.63, 3.8) is 0 Å². The first-order valence-corrected chi connectivity index (χ1v) is 3.76. The molecule has 0 aromatic carbocycles. The topological polar surface area (TPSA) is 24.4 Å².